The highest BCUT2D eigenvalue weighted by Gasteiger charge is 2.41. The third-order valence-electron chi connectivity index (χ3n) is 4.92. The number of fused-ring (bicyclic) bond motifs is 1. The summed E-state index contributed by atoms with van der Waals surface area (Å²) in [7, 11) is 0. The number of carbonyl (C=O) groups excluding carboxylic acids is 5. The minimum Gasteiger partial charge on any atom is -0.462 e. The van der Waals surface area contributed by atoms with Gasteiger partial charge in [0.05, 0.1) is 29.9 Å². The number of benzene rings is 1. The zero-order chi connectivity index (χ0) is 23.6. The average Bonchev–Trinajstić information content (AvgIpc) is 3.22. The number of anilines is 1. The number of hydrogen-bond donors (Lipinski definition) is 1. The lowest BCUT2D eigenvalue weighted by Gasteiger charge is -2.21. The molecule has 0 bridgehead atoms. The Morgan fingerprint density at radius 1 is 1.00 bits per heavy atom. The maximum Gasteiger partial charge on any atom is 0.348 e. The molecule has 0 unspecified atom stereocenters. The fraction of sp³-hybridized carbons (Fsp3) is 0.318. The first kappa shape index (κ1) is 23.1. The highest BCUT2D eigenvalue weighted by Crippen LogP contribution is 2.35. The highest BCUT2D eigenvalue weighted by atomic mass is 32.1. The molecular formula is C22H22N2O7S. The monoisotopic (exact) mass is 458 g/mol. The Balaban J connectivity index is 1.91. The van der Waals surface area contributed by atoms with Crippen molar-refractivity contribution in [2.24, 2.45) is 0 Å². The van der Waals surface area contributed by atoms with Crippen LogP contribution in [0.1, 0.15) is 67.1 Å². The Labute approximate surface area is 188 Å². The molecule has 1 aromatic heterocycles. The molecular weight excluding hydrogens is 436 g/mol. The lowest BCUT2D eigenvalue weighted by Crippen LogP contribution is -2.45. The van der Waals surface area contributed by atoms with Gasteiger partial charge in [-0.3, -0.25) is 19.3 Å². The molecule has 1 atom stereocenters. The maximum atomic E-state index is 13.0. The van der Waals surface area contributed by atoms with Gasteiger partial charge in [-0.25, -0.2) is 9.59 Å². The fourth-order valence-corrected chi connectivity index (χ4v) is 4.43. The Morgan fingerprint density at radius 2 is 1.53 bits per heavy atom. The van der Waals surface area contributed by atoms with Crippen LogP contribution in [0.5, 0.6) is 0 Å². The quantitative estimate of drug-likeness (QED) is 0.500. The number of nitrogens with one attached hydrogen (secondary N) is 1. The molecule has 1 aliphatic heterocycles. The molecule has 32 heavy (non-hydrogen) atoms. The van der Waals surface area contributed by atoms with Crippen LogP contribution in [0.25, 0.3) is 0 Å². The van der Waals surface area contributed by atoms with Crippen LogP contribution in [-0.4, -0.2) is 53.8 Å². The molecule has 2 aromatic rings. The number of amides is 3. The van der Waals surface area contributed by atoms with E-state index < -0.39 is 35.7 Å². The molecule has 0 aliphatic carbocycles. The van der Waals surface area contributed by atoms with E-state index in [9.17, 15) is 24.0 Å². The van der Waals surface area contributed by atoms with Crippen molar-refractivity contribution >= 4 is 46.0 Å². The smallest absolute Gasteiger partial charge is 0.348 e. The van der Waals surface area contributed by atoms with Crippen LogP contribution in [0, 0.1) is 6.92 Å². The zero-order valence-corrected chi connectivity index (χ0v) is 18.8. The van der Waals surface area contributed by atoms with E-state index in [-0.39, 0.29) is 39.8 Å². The largest absolute Gasteiger partial charge is 0.462 e. The van der Waals surface area contributed by atoms with Gasteiger partial charge < -0.3 is 14.8 Å². The predicted octanol–water partition coefficient (Wildman–Crippen LogP) is 3.03. The van der Waals surface area contributed by atoms with Crippen LogP contribution < -0.4 is 5.32 Å². The Hall–Kier alpha value is -3.53. The van der Waals surface area contributed by atoms with Crippen molar-refractivity contribution in [1.82, 2.24) is 4.90 Å². The van der Waals surface area contributed by atoms with E-state index in [1.807, 2.05) is 0 Å². The molecule has 3 amide bonds. The fourth-order valence-electron chi connectivity index (χ4n) is 3.34. The Morgan fingerprint density at radius 3 is 2.06 bits per heavy atom. The second-order valence-corrected chi connectivity index (χ2v) is 7.91. The van der Waals surface area contributed by atoms with E-state index in [1.165, 1.54) is 19.1 Å². The van der Waals surface area contributed by atoms with E-state index in [0.29, 0.717) is 5.56 Å². The van der Waals surface area contributed by atoms with E-state index in [1.54, 1.807) is 32.9 Å². The lowest BCUT2D eigenvalue weighted by molar-refractivity contribution is -0.119. The van der Waals surface area contributed by atoms with E-state index in [4.69, 9.17) is 9.47 Å². The van der Waals surface area contributed by atoms with Crippen molar-refractivity contribution in [3.05, 3.63) is 51.4 Å². The van der Waals surface area contributed by atoms with Crippen LogP contribution in [0.15, 0.2) is 24.3 Å². The average molecular weight is 458 g/mol. The SMILES string of the molecule is CCOC(=O)c1sc(NC(=O)[C@H](C)N2C(=O)c3ccccc3C2=O)c(C(=O)OCC)c1C. The molecule has 1 aliphatic rings. The number of imide groups is 1. The summed E-state index contributed by atoms with van der Waals surface area (Å²) in [5.41, 5.74) is 0.792. The molecule has 0 spiro atoms. The van der Waals surface area contributed by atoms with Crippen LogP contribution in [-0.2, 0) is 14.3 Å². The van der Waals surface area contributed by atoms with E-state index in [2.05, 4.69) is 5.32 Å². The molecule has 0 saturated carbocycles. The number of rotatable bonds is 7. The first-order valence-corrected chi connectivity index (χ1v) is 10.8. The molecule has 0 radical (unpaired) electrons. The summed E-state index contributed by atoms with van der Waals surface area (Å²) in [5, 5.41) is 2.66. The molecule has 0 saturated heterocycles. The highest BCUT2D eigenvalue weighted by molar-refractivity contribution is 7.18. The zero-order valence-electron chi connectivity index (χ0n) is 18.0. The normalized spacial score (nSPS) is 13.6. The molecule has 2 heterocycles. The van der Waals surface area contributed by atoms with Crippen molar-refractivity contribution in [3.8, 4) is 0 Å². The van der Waals surface area contributed by atoms with Crippen LogP contribution in [0.3, 0.4) is 0 Å². The van der Waals surface area contributed by atoms with E-state index in [0.717, 1.165) is 16.2 Å². The van der Waals surface area contributed by atoms with Gasteiger partial charge in [0.1, 0.15) is 15.9 Å². The third kappa shape index (κ3) is 4.01. The standard InChI is InChI=1S/C22H22N2O7S/c1-5-30-21(28)15-11(3)16(22(29)31-6-2)32-18(15)23-17(25)12(4)24-19(26)13-9-7-8-10-14(13)20(24)27/h7-10,12H,5-6H2,1-4H3,(H,23,25)/t12-/m0/s1. The maximum absolute atomic E-state index is 13.0. The number of thiophene rings is 1. The summed E-state index contributed by atoms with van der Waals surface area (Å²) < 4.78 is 10.1. The third-order valence-corrected chi connectivity index (χ3v) is 6.10. The molecule has 3 rings (SSSR count). The first-order chi connectivity index (χ1) is 15.2. The summed E-state index contributed by atoms with van der Waals surface area (Å²) in [6.45, 7) is 6.49. The van der Waals surface area contributed by atoms with Gasteiger partial charge in [0.2, 0.25) is 5.91 Å². The summed E-state index contributed by atoms with van der Waals surface area (Å²) in [6, 6.07) is 5.15. The van der Waals surface area contributed by atoms with E-state index >= 15 is 0 Å². The second-order valence-electron chi connectivity index (χ2n) is 6.89. The number of nitrogens with zero attached hydrogens (tertiary/aromatic N) is 1. The number of ether oxygens (including phenoxy) is 2. The minimum atomic E-state index is -1.16. The van der Waals surface area contributed by atoms with Gasteiger partial charge in [0, 0.05) is 0 Å². The van der Waals surface area contributed by atoms with Gasteiger partial charge >= 0.3 is 11.9 Å². The van der Waals surface area contributed by atoms with Crippen LogP contribution in [0.2, 0.25) is 0 Å². The summed E-state index contributed by atoms with van der Waals surface area (Å²) in [4.78, 5) is 64.1. The second kappa shape index (κ2) is 9.31. The minimum absolute atomic E-state index is 0.0304. The summed E-state index contributed by atoms with van der Waals surface area (Å²) in [6.07, 6.45) is 0. The van der Waals surface area contributed by atoms with Crippen LogP contribution in [0.4, 0.5) is 5.00 Å². The number of carbonyl (C=O) groups is 5. The van der Waals surface area contributed by atoms with Gasteiger partial charge in [0.25, 0.3) is 11.8 Å². The van der Waals surface area contributed by atoms with Gasteiger partial charge in [0.15, 0.2) is 0 Å². The first-order valence-electron chi connectivity index (χ1n) is 9.98. The molecule has 1 N–H and O–H groups in total. The van der Waals surface area contributed by atoms with Crippen molar-refractivity contribution in [2.45, 2.75) is 33.7 Å². The van der Waals surface area contributed by atoms with Gasteiger partial charge in [-0.05, 0) is 45.4 Å². The van der Waals surface area contributed by atoms with Crippen molar-refractivity contribution in [2.75, 3.05) is 18.5 Å². The van der Waals surface area contributed by atoms with Crippen molar-refractivity contribution in [3.63, 3.8) is 0 Å². The van der Waals surface area contributed by atoms with Gasteiger partial charge in [-0.2, -0.15) is 0 Å². The van der Waals surface area contributed by atoms with Crippen molar-refractivity contribution in [1.29, 1.82) is 0 Å². The summed E-state index contributed by atoms with van der Waals surface area (Å²) >= 11 is 0.870. The van der Waals surface area contributed by atoms with Crippen molar-refractivity contribution < 1.29 is 33.4 Å². The Kier molecular flexibility index (Phi) is 6.73. The molecule has 168 valence electrons. The molecule has 0 fully saturated rings. The lowest BCUT2D eigenvalue weighted by atomic mass is 10.1. The van der Waals surface area contributed by atoms with Crippen LogP contribution >= 0.6 is 11.3 Å². The Bertz CT molecular complexity index is 1090. The number of hydrogen-bond acceptors (Lipinski definition) is 8. The predicted molar refractivity (Wildman–Crippen MR) is 116 cm³/mol. The van der Waals surface area contributed by atoms with Gasteiger partial charge in [-0.15, -0.1) is 11.3 Å². The number of esters is 2. The molecule has 9 nitrogen and oxygen atoms in total. The van der Waals surface area contributed by atoms with Gasteiger partial charge in [-0.1, -0.05) is 12.1 Å². The molecule has 1 aromatic carbocycles. The topological polar surface area (TPSA) is 119 Å². The summed E-state index contributed by atoms with van der Waals surface area (Å²) in [5.74, 6) is -3.18. The molecule has 10 heteroatoms.